The third-order valence-electron chi connectivity index (χ3n) is 3.46. The lowest BCUT2D eigenvalue weighted by Crippen LogP contribution is -2.38. The summed E-state index contributed by atoms with van der Waals surface area (Å²) in [6.45, 7) is 10.5. The fraction of sp³-hybridized carbons (Fsp3) is 0.846. The Labute approximate surface area is 109 Å². The highest BCUT2D eigenvalue weighted by molar-refractivity contribution is 4.85. The van der Waals surface area contributed by atoms with E-state index in [-0.39, 0.29) is 0 Å². The quantitative estimate of drug-likeness (QED) is 0.862. The summed E-state index contributed by atoms with van der Waals surface area (Å²) in [5.74, 6) is 2.28. The van der Waals surface area contributed by atoms with Crippen molar-refractivity contribution in [3.05, 3.63) is 11.7 Å². The first-order chi connectivity index (χ1) is 8.63. The summed E-state index contributed by atoms with van der Waals surface area (Å²) in [6, 6.07) is 0.588. The lowest BCUT2D eigenvalue weighted by molar-refractivity contribution is 0.169. The van der Waals surface area contributed by atoms with Crippen molar-refractivity contribution in [2.24, 2.45) is 5.92 Å². The number of rotatable bonds is 5. The summed E-state index contributed by atoms with van der Waals surface area (Å²) >= 11 is 0. The third kappa shape index (κ3) is 4.07. The van der Waals surface area contributed by atoms with E-state index in [0.29, 0.717) is 11.9 Å². The van der Waals surface area contributed by atoms with Crippen LogP contribution in [0.5, 0.6) is 0 Å². The van der Waals surface area contributed by atoms with Crippen LogP contribution >= 0.6 is 0 Å². The monoisotopic (exact) mass is 252 g/mol. The SMILES string of the molecule is Cc1nc(CN2CCC(CNC(C)C)CC2)no1. The smallest absolute Gasteiger partial charge is 0.223 e. The summed E-state index contributed by atoms with van der Waals surface area (Å²) in [5.41, 5.74) is 0. The molecule has 1 aromatic rings. The zero-order chi connectivity index (χ0) is 13.0. The van der Waals surface area contributed by atoms with E-state index < -0.39 is 0 Å². The van der Waals surface area contributed by atoms with Crippen molar-refractivity contribution < 1.29 is 4.52 Å². The Balaban J connectivity index is 1.70. The van der Waals surface area contributed by atoms with Crippen LogP contribution < -0.4 is 5.32 Å². The average molecular weight is 252 g/mol. The van der Waals surface area contributed by atoms with Crippen LogP contribution in [0.3, 0.4) is 0 Å². The van der Waals surface area contributed by atoms with Gasteiger partial charge in [-0.2, -0.15) is 4.98 Å². The van der Waals surface area contributed by atoms with Gasteiger partial charge in [-0.3, -0.25) is 4.90 Å². The van der Waals surface area contributed by atoms with Crippen LogP contribution in [0.2, 0.25) is 0 Å². The maximum atomic E-state index is 4.99. The van der Waals surface area contributed by atoms with Crippen molar-refractivity contribution in [3.8, 4) is 0 Å². The van der Waals surface area contributed by atoms with E-state index in [1.165, 1.54) is 12.8 Å². The highest BCUT2D eigenvalue weighted by atomic mass is 16.5. The standard InChI is InChI=1S/C13H24N4O/c1-10(2)14-8-12-4-6-17(7-5-12)9-13-15-11(3)18-16-13/h10,12,14H,4-9H2,1-3H3. The number of likely N-dealkylation sites (tertiary alicyclic amines) is 1. The molecule has 1 fully saturated rings. The van der Waals surface area contributed by atoms with Gasteiger partial charge in [0.15, 0.2) is 5.82 Å². The Morgan fingerprint density at radius 1 is 1.39 bits per heavy atom. The molecule has 0 unspecified atom stereocenters. The molecule has 0 spiro atoms. The number of hydrogen-bond donors (Lipinski definition) is 1. The highest BCUT2D eigenvalue weighted by Crippen LogP contribution is 2.17. The molecule has 0 bridgehead atoms. The van der Waals surface area contributed by atoms with Gasteiger partial charge in [-0.25, -0.2) is 0 Å². The molecule has 102 valence electrons. The van der Waals surface area contributed by atoms with E-state index in [2.05, 4.69) is 34.2 Å². The molecule has 0 aromatic carbocycles. The van der Waals surface area contributed by atoms with Crippen molar-refractivity contribution in [2.75, 3.05) is 19.6 Å². The number of nitrogens with one attached hydrogen (secondary N) is 1. The number of aryl methyl sites for hydroxylation is 1. The lowest BCUT2D eigenvalue weighted by Gasteiger charge is -2.31. The van der Waals surface area contributed by atoms with Gasteiger partial charge in [0, 0.05) is 13.0 Å². The van der Waals surface area contributed by atoms with Crippen LogP contribution in [0.15, 0.2) is 4.52 Å². The number of nitrogens with zero attached hydrogens (tertiary/aromatic N) is 3. The topological polar surface area (TPSA) is 54.2 Å². The fourth-order valence-corrected chi connectivity index (χ4v) is 2.36. The van der Waals surface area contributed by atoms with Crippen molar-refractivity contribution in [2.45, 2.75) is 46.2 Å². The molecular formula is C13H24N4O. The van der Waals surface area contributed by atoms with Crippen molar-refractivity contribution in [1.29, 1.82) is 0 Å². The number of hydrogen-bond acceptors (Lipinski definition) is 5. The van der Waals surface area contributed by atoms with Gasteiger partial charge in [-0.05, 0) is 38.4 Å². The molecule has 1 N–H and O–H groups in total. The minimum Gasteiger partial charge on any atom is -0.340 e. The Bertz CT molecular complexity index is 356. The predicted molar refractivity (Wildman–Crippen MR) is 70.2 cm³/mol. The fourth-order valence-electron chi connectivity index (χ4n) is 2.36. The van der Waals surface area contributed by atoms with Crippen molar-refractivity contribution in [3.63, 3.8) is 0 Å². The van der Waals surface area contributed by atoms with E-state index in [1.807, 2.05) is 6.92 Å². The summed E-state index contributed by atoms with van der Waals surface area (Å²) in [6.07, 6.45) is 2.52. The van der Waals surface area contributed by atoms with Gasteiger partial charge in [-0.15, -0.1) is 0 Å². The van der Waals surface area contributed by atoms with Crippen LogP contribution in [0, 0.1) is 12.8 Å². The molecule has 1 aliphatic rings. The molecule has 1 aliphatic heterocycles. The maximum Gasteiger partial charge on any atom is 0.223 e. The van der Waals surface area contributed by atoms with E-state index in [9.17, 15) is 0 Å². The molecule has 1 saturated heterocycles. The molecule has 2 rings (SSSR count). The van der Waals surface area contributed by atoms with Gasteiger partial charge in [0.1, 0.15) is 0 Å². The van der Waals surface area contributed by atoms with Gasteiger partial charge in [0.25, 0.3) is 0 Å². The molecule has 0 radical (unpaired) electrons. The van der Waals surface area contributed by atoms with Gasteiger partial charge >= 0.3 is 0 Å². The minimum atomic E-state index is 0.588. The summed E-state index contributed by atoms with van der Waals surface area (Å²) < 4.78 is 4.99. The second-order valence-corrected chi connectivity index (χ2v) is 5.51. The average Bonchev–Trinajstić information content (AvgIpc) is 2.74. The van der Waals surface area contributed by atoms with E-state index >= 15 is 0 Å². The van der Waals surface area contributed by atoms with Gasteiger partial charge < -0.3 is 9.84 Å². The molecule has 0 amide bonds. The zero-order valence-electron chi connectivity index (χ0n) is 11.6. The number of piperidine rings is 1. The maximum absolute atomic E-state index is 4.99. The Morgan fingerprint density at radius 2 is 2.11 bits per heavy atom. The second-order valence-electron chi connectivity index (χ2n) is 5.51. The molecule has 1 aromatic heterocycles. The largest absolute Gasteiger partial charge is 0.340 e. The lowest BCUT2D eigenvalue weighted by atomic mass is 9.96. The van der Waals surface area contributed by atoms with Crippen LogP contribution in [0.1, 0.15) is 38.4 Å². The highest BCUT2D eigenvalue weighted by Gasteiger charge is 2.20. The molecule has 5 heteroatoms. The van der Waals surface area contributed by atoms with E-state index in [0.717, 1.165) is 37.9 Å². The first-order valence-electron chi connectivity index (χ1n) is 6.88. The molecule has 2 heterocycles. The van der Waals surface area contributed by atoms with Crippen LogP contribution in [-0.4, -0.2) is 40.7 Å². The zero-order valence-corrected chi connectivity index (χ0v) is 11.6. The Kier molecular flexibility index (Phi) is 4.72. The van der Waals surface area contributed by atoms with Gasteiger partial charge in [-0.1, -0.05) is 19.0 Å². The summed E-state index contributed by atoms with van der Waals surface area (Å²) in [7, 11) is 0. The Hall–Kier alpha value is -0.940. The van der Waals surface area contributed by atoms with Crippen molar-refractivity contribution in [1.82, 2.24) is 20.4 Å². The normalized spacial score (nSPS) is 18.7. The molecule has 18 heavy (non-hydrogen) atoms. The molecule has 0 saturated carbocycles. The Morgan fingerprint density at radius 3 is 2.67 bits per heavy atom. The minimum absolute atomic E-state index is 0.588. The van der Waals surface area contributed by atoms with Crippen LogP contribution in [0.4, 0.5) is 0 Å². The van der Waals surface area contributed by atoms with Gasteiger partial charge in [0.2, 0.25) is 5.89 Å². The predicted octanol–water partition coefficient (Wildman–Crippen LogP) is 1.59. The first-order valence-corrected chi connectivity index (χ1v) is 6.88. The van der Waals surface area contributed by atoms with E-state index in [1.54, 1.807) is 0 Å². The molecular weight excluding hydrogens is 228 g/mol. The molecule has 0 aliphatic carbocycles. The third-order valence-corrected chi connectivity index (χ3v) is 3.46. The van der Waals surface area contributed by atoms with E-state index in [4.69, 9.17) is 4.52 Å². The second kappa shape index (κ2) is 6.29. The molecule has 0 atom stereocenters. The van der Waals surface area contributed by atoms with Gasteiger partial charge in [0.05, 0.1) is 6.54 Å². The first kappa shape index (κ1) is 13.5. The number of aromatic nitrogens is 2. The molecule has 5 nitrogen and oxygen atoms in total. The van der Waals surface area contributed by atoms with Crippen LogP contribution in [-0.2, 0) is 6.54 Å². The summed E-state index contributed by atoms with van der Waals surface area (Å²) in [4.78, 5) is 6.66. The summed E-state index contributed by atoms with van der Waals surface area (Å²) in [5, 5.41) is 7.47. The van der Waals surface area contributed by atoms with Crippen molar-refractivity contribution >= 4 is 0 Å². The van der Waals surface area contributed by atoms with Crippen LogP contribution in [0.25, 0.3) is 0 Å².